The summed E-state index contributed by atoms with van der Waals surface area (Å²) in [5.41, 5.74) is 2.36. The summed E-state index contributed by atoms with van der Waals surface area (Å²) in [6.07, 6.45) is 1.63. The van der Waals surface area contributed by atoms with Crippen molar-refractivity contribution in [3.8, 4) is 11.5 Å². The number of furan rings is 1. The van der Waals surface area contributed by atoms with E-state index in [1.54, 1.807) is 20.5 Å². The number of aromatic nitrogens is 1. The van der Waals surface area contributed by atoms with Gasteiger partial charge in [-0.15, -0.1) is 0 Å². The van der Waals surface area contributed by atoms with Crippen LogP contribution in [0.15, 0.2) is 28.9 Å². The SMILES string of the molecule is CNc1c2cc(OC)c(OC)cc2nc2occc12. The molecule has 98 valence electrons. The summed E-state index contributed by atoms with van der Waals surface area (Å²) >= 11 is 0. The van der Waals surface area contributed by atoms with Crippen LogP contribution in [0.5, 0.6) is 11.5 Å². The van der Waals surface area contributed by atoms with Crippen molar-refractivity contribution in [2.45, 2.75) is 0 Å². The molecule has 0 amide bonds. The molecule has 0 aliphatic rings. The monoisotopic (exact) mass is 258 g/mol. The van der Waals surface area contributed by atoms with Crippen molar-refractivity contribution in [3.63, 3.8) is 0 Å². The number of hydrogen-bond acceptors (Lipinski definition) is 5. The minimum atomic E-state index is 0.601. The number of fused-ring (bicyclic) bond motifs is 2. The van der Waals surface area contributed by atoms with Crippen molar-refractivity contribution >= 4 is 27.7 Å². The molecule has 1 aromatic carbocycles. The third kappa shape index (κ3) is 1.66. The van der Waals surface area contributed by atoms with Crippen LogP contribution in [0.25, 0.3) is 22.0 Å². The van der Waals surface area contributed by atoms with Gasteiger partial charge in [0.1, 0.15) is 0 Å². The topological polar surface area (TPSA) is 56.5 Å². The van der Waals surface area contributed by atoms with Gasteiger partial charge < -0.3 is 19.2 Å². The standard InChI is InChI=1S/C14H14N2O3/c1-15-13-8-4-5-19-14(8)16-10-7-12(18-3)11(17-2)6-9(10)13/h4-7H,1-3H3,(H,15,16). The van der Waals surface area contributed by atoms with Crippen molar-refractivity contribution in [1.82, 2.24) is 4.98 Å². The number of pyridine rings is 1. The van der Waals surface area contributed by atoms with Gasteiger partial charge in [0, 0.05) is 18.5 Å². The first-order chi connectivity index (χ1) is 9.28. The number of methoxy groups -OCH3 is 2. The number of ether oxygens (including phenoxy) is 2. The third-order valence-corrected chi connectivity index (χ3v) is 3.16. The van der Waals surface area contributed by atoms with Crippen LogP contribution < -0.4 is 14.8 Å². The molecule has 0 atom stereocenters. The predicted octanol–water partition coefficient (Wildman–Crippen LogP) is 3.04. The van der Waals surface area contributed by atoms with Crippen LogP contribution in [0.3, 0.4) is 0 Å². The third-order valence-electron chi connectivity index (χ3n) is 3.16. The zero-order valence-electron chi connectivity index (χ0n) is 11.0. The highest BCUT2D eigenvalue weighted by molar-refractivity contribution is 6.06. The number of nitrogens with one attached hydrogen (secondary N) is 1. The van der Waals surface area contributed by atoms with E-state index in [2.05, 4.69) is 10.3 Å². The van der Waals surface area contributed by atoms with E-state index in [4.69, 9.17) is 13.9 Å². The smallest absolute Gasteiger partial charge is 0.228 e. The highest BCUT2D eigenvalue weighted by atomic mass is 16.5. The Morgan fingerprint density at radius 3 is 2.53 bits per heavy atom. The molecule has 0 saturated carbocycles. The van der Waals surface area contributed by atoms with Crippen LogP contribution in [0, 0.1) is 0 Å². The molecule has 2 aromatic heterocycles. The second kappa shape index (κ2) is 4.35. The fourth-order valence-corrected chi connectivity index (χ4v) is 2.26. The van der Waals surface area contributed by atoms with Crippen LogP contribution in [0.4, 0.5) is 5.69 Å². The van der Waals surface area contributed by atoms with Gasteiger partial charge in [-0.3, -0.25) is 0 Å². The summed E-state index contributed by atoms with van der Waals surface area (Å²) in [4.78, 5) is 4.49. The summed E-state index contributed by atoms with van der Waals surface area (Å²) in [6, 6.07) is 5.65. The molecule has 0 aliphatic carbocycles. The summed E-state index contributed by atoms with van der Waals surface area (Å²) in [7, 11) is 5.10. The van der Waals surface area contributed by atoms with E-state index in [0.717, 1.165) is 22.0 Å². The zero-order valence-corrected chi connectivity index (χ0v) is 11.0. The normalized spacial score (nSPS) is 10.9. The number of benzene rings is 1. The maximum atomic E-state index is 5.38. The highest BCUT2D eigenvalue weighted by Gasteiger charge is 2.14. The van der Waals surface area contributed by atoms with Crippen molar-refractivity contribution in [3.05, 3.63) is 24.5 Å². The van der Waals surface area contributed by atoms with Gasteiger partial charge in [0.25, 0.3) is 0 Å². The highest BCUT2D eigenvalue weighted by Crippen LogP contribution is 2.37. The molecule has 3 aromatic rings. The summed E-state index contributed by atoms with van der Waals surface area (Å²) in [5.74, 6) is 1.33. The average molecular weight is 258 g/mol. The molecule has 0 unspecified atom stereocenters. The van der Waals surface area contributed by atoms with Crippen LogP contribution in [0.1, 0.15) is 0 Å². The molecular weight excluding hydrogens is 244 g/mol. The van der Waals surface area contributed by atoms with E-state index < -0.39 is 0 Å². The molecule has 5 nitrogen and oxygen atoms in total. The maximum Gasteiger partial charge on any atom is 0.228 e. The van der Waals surface area contributed by atoms with Crippen LogP contribution in [0.2, 0.25) is 0 Å². The van der Waals surface area contributed by atoms with Crippen LogP contribution in [-0.4, -0.2) is 26.3 Å². The number of nitrogens with zero attached hydrogens (tertiary/aromatic N) is 1. The molecule has 0 spiro atoms. The lowest BCUT2D eigenvalue weighted by atomic mass is 10.1. The molecule has 5 heteroatoms. The minimum Gasteiger partial charge on any atom is -0.493 e. The quantitative estimate of drug-likeness (QED) is 0.782. The van der Waals surface area contributed by atoms with Gasteiger partial charge in [-0.2, -0.15) is 0 Å². The summed E-state index contributed by atoms with van der Waals surface area (Å²) in [5, 5.41) is 5.10. The Kier molecular flexibility index (Phi) is 2.67. The van der Waals surface area contributed by atoms with Crippen molar-refractivity contribution < 1.29 is 13.9 Å². The first kappa shape index (κ1) is 11.6. The molecule has 3 rings (SSSR count). The fourth-order valence-electron chi connectivity index (χ4n) is 2.26. The first-order valence-electron chi connectivity index (χ1n) is 5.89. The van der Waals surface area contributed by atoms with Crippen molar-refractivity contribution in [2.24, 2.45) is 0 Å². The largest absolute Gasteiger partial charge is 0.493 e. The van der Waals surface area contributed by atoms with Gasteiger partial charge in [0.15, 0.2) is 11.5 Å². The Morgan fingerprint density at radius 1 is 1.11 bits per heavy atom. The molecule has 0 radical (unpaired) electrons. The Labute approximate surface area is 110 Å². The van der Waals surface area contributed by atoms with Crippen molar-refractivity contribution in [1.29, 1.82) is 0 Å². The van der Waals surface area contributed by atoms with Gasteiger partial charge in [-0.1, -0.05) is 0 Å². The van der Waals surface area contributed by atoms with Gasteiger partial charge >= 0.3 is 0 Å². The van der Waals surface area contributed by atoms with E-state index >= 15 is 0 Å². The number of anilines is 1. The summed E-state index contributed by atoms with van der Waals surface area (Å²) in [6.45, 7) is 0. The van der Waals surface area contributed by atoms with Gasteiger partial charge in [0.2, 0.25) is 5.71 Å². The van der Waals surface area contributed by atoms with E-state index in [1.807, 2.05) is 25.2 Å². The zero-order chi connectivity index (χ0) is 13.4. The Balaban J connectivity index is 2.44. The molecule has 0 aliphatic heterocycles. The van der Waals surface area contributed by atoms with E-state index in [0.29, 0.717) is 17.2 Å². The van der Waals surface area contributed by atoms with E-state index in [1.165, 1.54) is 0 Å². The van der Waals surface area contributed by atoms with E-state index in [9.17, 15) is 0 Å². The summed E-state index contributed by atoms with van der Waals surface area (Å²) < 4.78 is 16.0. The number of hydrogen-bond donors (Lipinski definition) is 1. The van der Waals surface area contributed by atoms with Gasteiger partial charge in [0.05, 0.1) is 37.1 Å². The Bertz CT molecular complexity index is 749. The Hall–Kier alpha value is -2.43. The van der Waals surface area contributed by atoms with E-state index in [-0.39, 0.29) is 0 Å². The lowest BCUT2D eigenvalue weighted by Crippen LogP contribution is -1.95. The predicted molar refractivity (Wildman–Crippen MR) is 74.2 cm³/mol. The molecule has 0 fully saturated rings. The maximum absolute atomic E-state index is 5.38. The average Bonchev–Trinajstić information content (AvgIpc) is 2.90. The van der Waals surface area contributed by atoms with Crippen LogP contribution >= 0.6 is 0 Å². The van der Waals surface area contributed by atoms with Gasteiger partial charge in [-0.25, -0.2) is 4.98 Å². The lowest BCUT2D eigenvalue weighted by molar-refractivity contribution is 0.356. The second-order valence-corrected chi connectivity index (χ2v) is 4.10. The molecule has 0 saturated heterocycles. The Morgan fingerprint density at radius 2 is 1.84 bits per heavy atom. The van der Waals surface area contributed by atoms with Crippen molar-refractivity contribution in [2.75, 3.05) is 26.6 Å². The molecule has 19 heavy (non-hydrogen) atoms. The molecule has 0 bridgehead atoms. The van der Waals surface area contributed by atoms with Crippen LogP contribution in [-0.2, 0) is 0 Å². The number of rotatable bonds is 3. The minimum absolute atomic E-state index is 0.601. The first-order valence-corrected chi connectivity index (χ1v) is 5.89. The molecular formula is C14H14N2O3. The molecule has 2 heterocycles. The fraction of sp³-hybridized carbons (Fsp3) is 0.214. The molecule has 1 N–H and O–H groups in total. The van der Waals surface area contributed by atoms with Gasteiger partial charge in [-0.05, 0) is 12.1 Å². The lowest BCUT2D eigenvalue weighted by Gasteiger charge is -2.11. The second-order valence-electron chi connectivity index (χ2n) is 4.10.